The second-order valence-corrected chi connectivity index (χ2v) is 4.03. The molecule has 1 aromatic heterocycles. The Hall–Kier alpha value is -2.43. The summed E-state index contributed by atoms with van der Waals surface area (Å²) >= 11 is 0. The summed E-state index contributed by atoms with van der Waals surface area (Å²) in [6, 6.07) is 6.45. The van der Waals surface area contributed by atoms with Crippen molar-refractivity contribution in [1.82, 2.24) is 0 Å². The zero-order valence-corrected chi connectivity index (χ0v) is 11.0. The number of ketones is 1. The molecule has 5 heteroatoms. The Labute approximate surface area is 110 Å². The summed E-state index contributed by atoms with van der Waals surface area (Å²) in [5, 5.41) is 0. The molecule has 0 radical (unpaired) electrons. The number of rotatable bonds is 4. The quantitative estimate of drug-likeness (QED) is 0.675. The molecular weight excluding hydrogens is 246 g/mol. The summed E-state index contributed by atoms with van der Waals surface area (Å²) in [6.45, 7) is 1.77. The number of nitrogen functional groups attached to an aromatic ring is 1. The molecule has 0 aliphatic carbocycles. The van der Waals surface area contributed by atoms with Crippen LogP contribution in [0.3, 0.4) is 0 Å². The minimum absolute atomic E-state index is 0.247. The predicted molar refractivity (Wildman–Crippen MR) is 70.8 cm³/mol. The molecule has 5 nitrogen and oxygen atoms in total. The van der Waals surface area contributed by atoms with Gasteiger partial charge >= 0.3 is 0 Å². The average Bonchev–Trinajstić information content (AvgIpc) is 2.84. The molecule has 100 valence electrons. The molecule has 1 heterocycles. The van der Waals surface area contributed by atoms with E-state index in [9.17, 15) is 4.79 Å². The van der Waals surface area contributed by atoms with E-state index in [1.165, 1.54) is 14.2 Å². The van der Waals surface area contributed by atoms with Crippen molar-refractivity contribution in [2.24, 2.45) is 0 Å². The highest BCUT2D eigenvalue weighted by Gasteiger charge is 2.19. The fourth-order valence-corrected chi connectivity index (χ4v) is 1.78. The molecule has 19 heavy (non-hydrogen) atoms. The Balaban J connectivity index is 2.47. The SMILES string of the molecule is COc1cc(N)c(C(=O)c2ccc(C)o2)cc1OC. The lowest BCUT2D eigenvalue weighted by Gasteiger charge is -2.11. The number of anilines is 1. The highest BCUT2D eigenvalue weighted by atomic mass is 16.5. The van der Waals surface area contributed by atoms with Crippen LogP contribution in [-0.4, -0.2) is 20.0 Å². The lowest BCUT2D eigenvalue weighted by molar-refractivity contribution is 0.101. The summed E-state index contributed by atoms with van der Waals surface area (Å²) in [5.41, 5.74) is 6.51. The second-order valence-electron chi connectivity index (χ2n) is 4.03. The van der Waals surface area contributed by atoms with Crippen molar-refractivity contribution >= 4 is 11.5 Å². The van der Waals surface area contributed by atoms with Gasteiger partial charge in [0.1, 0.15) is 5.76 Å². The van der Waals surface area contributed by atoms with Crippen LogP contribution in [0.15, 0.2) is 28.7 Å². The van der Waals surface area contributed by atoms with E-state index in [0.717, 1.165) is 0 Å². The van der Waals surface area contributed by atoms with E-state index in [-0.39, 0.29) is 11.5 Å². The van der Waals surface area contributed by atoms with Crippen molar-refractivity contribution in [3.05, 3.63) is 41.3 Å². The first kappa shape index (κ1) is 13.0. The van der Waals surface area contributed by atoms with Crippen molar-refractivity contribution in [3.63, 3.8) is 0 Å². The molecule has 0 unspecified atom stereocenters. The fraction of sp³-hybridized carbons (Fsp3) is 0.214. The molecule has 0 saturated carbocycles. The van der Waals surface area contributed by atoms with Gasteiger partial charge in [0.25, 0.3) is 0 Å². The number of furan rings is 1. The Morgan fingerprint density at radius 3 is 2.32 bits per heavy atom. The number of ether oxygens (including phenoxy) is 2. The number of benzene rings is 1. The molecule has 0 bridgehead atoms. The molecule has 0 aliphatic rings. The van der Waals surface area contributed by atoms with Gasteiger partial charge in [-0.05, 0) is 25.1 Å². The van der Waals surface area contributed by atoms with Crippen LogP contribution in [0.25, 0.3) is 0 Å². The van der Waals surface area contributed by atoms with Gasteiger partial charge in [-0.15, -0.1) is 0 Å². The number of aryl methyl sites for hydroxylation is 1. The first-order chi connectivity index (χ1) is 9.06. The maximum absolute atomic E-state index is 12.3. The number of hydrogen-bond acceptors (Lipinski definition) is 5. The Morgan fingerprint density at radius 2 is 1.79 bits per heavy atom. The zero-order chi connectivity index (χ0) is 14.0. The Kier molecular flexibility index (Phi) is 3.46. The van der Waals surface area contributed by atoms with Gasteiger partial charge in [-0.1, -0.05) is 0 Å². The van der Waals surface area contributed by atoms with E-state index in [1.807, 2.05) is 0 Å². The summed E-state index contributed by atoms with van der Waals surface area (Å²) < 4.78 is 15.6. The lowest BCUT2D eigenvalue weighted by atomic mass is 10.1. The third-order valence-corrected chi connectivity index (χ3v) is 2.76. The van der Waals surface area contributed by atoms with Gasteiger partial charge < -0.3 is 19.6 Å². The van der Waals surface area contributed by atoms with E-state index in [1.54, 1.807) is 31.2 Å². The number of carbonyl (C=O) groups excluding carboxylic acids is 1. The number of methoxy groups -OCH3 is 2. The first-order valence-electron chi connectivity index (χ1n) is 5.69. The fourth-order valence-electron chi connectivity index (χ4n) is 1.78. The van der Waals surface area contributed by atoms with Gasteiger partial charge in [0.05, 0.1) is 19.8 Å². The third kappa shape index (κ3) is 2.40. The van der Waals surface area contributed by atoms with Crippen molar-refractivity contribution in [1.29, 1.82) is 0 Å². The molecule has 2 N–H and O–H groups in total. The first-order valence-corrected chi connectivity index (χ1v) is 5.69. The monoisotopic (exact) mass is 261 g/mol. The summed E-state index contributed by atoms with van der Waals surface area (Å²) in [4.78, 5) is 12.3. The van der Waals surface area contributed by atoms with Gasteiger partial charge in [0.2, 0.25) is 5.78 Å². The van der Waals surface area contributed by atoms with Crippen molar-refractivity contribution < 1.29 is 18.7 Å². The predicted octanol–water partition coefficient (Wildman–Crippen LogP) is 2.42. The molecule has 0 saturated heterocycles. The maximum atomic E-state index is 12.3. The number of hydrogen-bond donors (Lipinski definition) is 1. The number of carbonyl (C=O) groups is 1. The highest BCUT2D eigenvalue weighted by Crippen LogP contribution is 2.33. The molecule has 2 aromatic rings. The Morgan fingerprint density at radius 1 is 1.16 bits per heavy atom. The van der Waals surface area contributed by atoms with Crippen LogP contribution < -0.4 is 15.2 Å². The van der Waals surface area contributed by atoms with E-state index in [2.05, 4.69) is 0 Å². The van der Waals surface area contributed by atoms with E-state index in [0.29, 0.717) is 28.5 Å². The van der Waals surface area contributed by atoms with Crippen molar-refractivity contribution in [2.75, 3.05) is 20.0 Å². The topological polar surface area (TPSA) is 74.7 Å². The lowest BCUT2D eigenvalue weighted by Crippen LogP contribution is -2.06. The largest absolute Gasteiger partial charge is 0.493 e. The third-order valence-electron chi connectivity index (χ3n) is 2.76. The van der Waals surface area contributed by atoms with Crippen LogP contribution in [0.2, 0.25) is 0 Å². The molecule has 0 amide bonds. The minimum atomic E-state index is -0.286. The molecule has 1 aromatic carbocycles. The molecular formula is C14H15NO4. The van der Waals surface area contributed by atoms with Gasteiger partial charge in [-0.3, -0.25) is 4.79 Å². The number of nitrogens with two attached hydrogens (primary N) is 1. The highest BCUT2D eigenvalue weighted by molar-refractivity contribution is 6.11. The van der Waals surface area contributed by atoms with Crippen molar-refractivity contribution in [2.45, 2.75) is 6.92 Å². The summed E-state index contributed by atoms with van der Waals surface area (Å²) in [5.74, 6) is 1.56. The maximum Gasteiger partial charge on any atom is 0.230 e. The van der Waals surface area contributed by atoms with E-state index < -0.39 is 0 Å². The van der Waals surface area contributed by atoms with Crippen LogP contribution in [0.5, 0.6) is 11.5 Å². The molecule has 2 rings (SSSR count). The van der Waals surface area contributed by atoms with Crippen molar-refractivity contribution in [3.8, 4) is 11.5 Å². The van der Waals surface area contributed by atoms with Crippen LogP contribution in [0.1, 0.15) is 21.9 Å². The van der Waals surface area contributed by atoms with Crippen LogP contribution >= 0.6 is 0 Å². The smallest absolute Gasteiger partial charge is 0.230 e. The van der Waals surface area contributed by atoms with Gasteiger partial charge in [0, 0.05) is 11.8 Å². The van der Waals surface area contributed by atoms with E-state index in [4.69, 9.17) is 19.6 Å². The summed E-state index contributed by atoms with van der Waals surface area (Å²) in [7, 11) is 3.01. The summed E-state index contributed by atoms with van der Waals surface area (Å²) in [6.07, 6.45) is 0. The van der Waals surface area contributed by atoms with Gasteiger partial charge in [0.15, 0.2) is 17.3 Å². The molecule has 0 atom stereocenters. The molecule has 0 fully saturated rings. The van der Waals surface area contributed by atoms with E-state index >= 15 is 0 Å². The normalized spacial score (nSPS) is 10.3. The van der Waals surface area contributed by atoms with Crippen LogP contribution in [0.4, 0.5) is 5.69 Å². The Bertz CT molecular complexity index is 616. The van der Waals surface area contributed by atoms with Gasteiger partial charge in [-0.2, -0.15) is 0 Å². The average molecular weight is 261 g/mol. The van der Waals surface area contributed by atoms with Crippen LogP contribution in [-0.2, 0) is 0 Å². The molecule has 0 aliphatic heterocycles. The van der Waals surface area contributed by atoms with Gasteiger partial charge in [-0.25, -0.2) is 0 Å². The zero-order valence-electron chi connectivity index (χ0n) is 11.0. The second kappa shape index (κ2) is 5.06. The standard InChI is InChI=1S/C14H15NO4/c1-8-4-5-11(19-8)14(16)9-6-12(17-2)13(18-3)7-10(9)15/h4-7H,15H2,1-3H3. The molecule has 0 spiro atoms. The minimum Gasteiger partial charge on any atom is -0.493 e. The van der Waals surface area contributed by atoms with Crippen LogP contribution in [0, 0.1) is 6.92 Å².